The highest BCUT2D eigenvalue weighted by atomic mass is 16.3. The lowest BCUT2D eigenvalue weighted by Crippen LogP contribution is -2.52. The monoisotopic (exact) mass is 259 g/mol. The van der Waals surface area contributed by atoms with Gasteiger partial charge in [0.25, 0.3) is 0 Å². The summed E-state index contributed by atoms with van der Waals surface area (Å²) in [5, 5.41) is 0. The first-order chi connectivity index (χ1) is 9.08. The molecule has 0 N–H and O–H groups in total. The molecule has 0 unspecified atom stereocenters. The molecular formula is C12H11N4O3+. The number of carbonyl (C=O) groups excluding carboxylic acids is 2. The third kappa shape index (κ3) is 1.70. The largest absolute Gasteiger partial charge is 0.466 e. The maximum absolute atomic E-state index is 12.2. The maximum Gasteiger partial charge on any atom is 0.446 e. The van der Waals surface area contributed by atoms with Crippen LogP contribution in [0.2, 0.25) is 0 Å². The summed E-state index contributed by atoms with van der Waals surface area (Å²) >= 11 is 0. The molecule has 0 fully saturated rings. The highest BCUT2D eigenvalue weighted by Gasteiger charge is 2.45. The van der Waals surface area contributed by atoms with Gasteiger partial charge in [0.15, 0.2) is 0 Å². The molecule has 2 aliphatic heterocycles. The molecule has 0 saturated carbocycles. The summed E-state index contributed by atoms with van der Waals surface area (Å²) in [5.41, 5.74) is 0.200. The highest BCUT2D eigenvalue weighted by molar-refractivity contribution is 6.70. The number of imide groups is 1. The molecule has 0 aliphatic carbocycles. The predicted octanol–water partition coefficient (Wildman–Crippen LogP) is 0.656. The Labute approximate surface area is 108 Å². The van der Waals surface area contributed by atoms with Gasteiger partial charge in [0, 0.05) is 6.92 Å². The SMILES string of the molecule is CC1=NC2=[N+](Cc3ccco3)C(=O)N(C)C(=O)C2=N1. The van der Waals surface area contributed by atoms with Crippen molar-refractivity contribution in [2.75, 3.05) is 7.05 Å². The fourth-order valence-corrected chi connectivity index (χ4v) is 1.99. The lowest BCUT2D eigenvalue weighted by molar-refractivity contribution is -0.454. The second kappa shape index (κ2) is 3.98. The Balaban J connectivity index is 2.11. The first kappa shape index (κ1) is 11.5. The molecule has 3 rings (SSSR count). The third-order valence-corrected chi connectivity index (χ3v) is 2.93. The summed E-state index contributed by atoms with van der Waals surface area (Å²) in [5.74, 6) is 0.937. The number of nitrogens with zero attached hydrogens (tertiary/aromatic N) is 4. The minimum absolute atomic E-state index is 0.200. The molecule has 0 saturated heterocycles. The topological polar surface area (TPSA) is 78.2 Å². The van der Waals surface area contributed by atoms with Gasteiger partial charge in [-0.2, -0.15) is 9.48 Å². The van der Waals surface area contributed by atoms with E-state index in [9.17, 15) is 9.59 Å². The smallest absolute Gasteiger partial charge is 0.446 e. The van der Waals surface area contributed by atoms with E-state index < -0.39 is 11.9 Å². The molecule has 0 aromatic carbocycles. The van der Waals surface area contributed by atoms with Gasteiger partial charge in [-0.3, -0.25) is 0 Å². The van der Waals surface area contributed by atoms with Crippen LogP contribution in [0.5, 0.6) is 0 Å². The summed E-state index contributed by atoms with van der Waals surface area (Å²) in [6, 6.07) is 3.06. The third-order valence-electron chi connectivity index (χ3n) is 2.93. The van der Waals surface area contributed by atoms with E-state index in [0.717, 1.165) is 4.90 Å². The van der Waals surface area contributed by atoms with Crippen LogP contribution >= 0.6 is 0 Å². The quantitative estimate of drug-likeness (QED) is 0.732. The highest BCUT2D eigenvalue weighted by Crippen LogP contribution is 2.13. The van der Waals surface area contributed by atoms with Crippen LogP contribution in [-0.2, 0) is 11.3 Å². The normalized spacial score (nSPS) is 18.7. The summed E-state index contributed by atoms with van der Waals surface area (Å²) in [6.07, 6.45) is 1.53. The second-order valence-electron chi connectivity index (χ2n) is 4.26. The fourth-order valence-electron chi connectivity index (χ4n) is 1.99. The standard InChI is InChI=1S/C12H11N4O3/c1-7-13-9-10(14-7)16(6-8-4-3-5-19-8)12(18)15(2)11(9)17/h3-5H,6H2,1-2H3/q+1. The molecule has 1 aromatic rings. The molecule has 2 aliphatic rings. The Morgan fingerprint density at radius 1 is 1.37 bits per heavy atom. The lowest BCUT2D eigenvalue weighted by atomic mass is 10.2. The van der Waals surface area contributed by atoms with Gasteiger partial charge in [-0.05, 0) is 12.1 Å². The van der Waals surface area contributed by atoms with Gasteiger partial charge >= 0.3 is 17.8 Å². The number of hydrogen-bond acceptors (Lipinski definition) is 5. The van der Waals surface area contributed by atoms with Gasteiger partial charge in [-0.1, -0.05) is 4.99 Å². The van der Waals surface area contributed by atoms with Gasteiger partial charge < -0.3 is 4.42 Å². The predicted molar refractivity (Wildman–Crippen MR) is 66.4 cm³/mol. The zero-order valence-electron chi connectivity index (χ0n) is 10.5. The number of hydrogen-bond donors (Lipinski definition) is 0. The molecule has 0 spiro atoms. The van der Waals surface area contributed by atoms with Crippen molar-refractivity contribution in [3.8, 4) is 0 Å². The van der Waals surface area contributed by atoms with Crippen molar-refractivity contribution in [2.24, 2.45) is 9.98 Å². The number of rotatable bonds is 2. The number of amides is 3. The Kier molecular flexibility index (Phi) is 2.41. The average molecular weight is 259 g/mol. The van der Waals surface area contributed by atoms with E-state index in [1.165, 1.54) is 17.9 Å². The van der Waals surface area contributed by atoms with Crippen molar-refractivity contribution in [3.05, 3.63) is 24.2 Å². The Morgan fingerprint density at radius 2 is 2.16 bits per heavy atom. The molecule has 0 radical (unpaired) electrons. The van der Waals surface area contributed by atoms with Crippen LogP contribution in [0.4, 0.5) is 4.79 Å². The maximum atomic E-state index is 12.2. The molecule has 3 amide bonds. The molecule has 19 heavy (non-hydrogen) atoms. The minimum Gasteiger partial charge on any atom is -0.466 e. The molecule has 96 valence electrons. The van der Waals surface area contributed by atoms with Crippen LogP contribution < -0.4 is 0 Å². The Hall–Kier alpha value is -2.57. The van der Waals surface area contributed by atoms with Crippen LogP contribution in [0.15, 0.2) is 32.8 Å². The van der Waals surface area contributed by atoms with E-state index in [0.29, 0.717) is 17.4 Å². The van der Waals surface area contributed by atoms with E-state index in [1.807, 2.05) is 0 Å². The van der Waals surface area contributed by atoms with Gasteiger partial charge in [0.1, 0.15) is 12.3 Å². The number of aliphatic imine (C=N–C) groups is 2. The summed E-state index contributed by atoms with van der Waals surface area (Å²) in [7, 11) is 1.42. The molecular weight excluding hydrogens is 248 g/mol. The summed E-state index contributed by atoms with van der Waals surface area (Å²) in [6.45, 7) is 1.90. The van der Waals surface area contributed by atoms with E-state index in [-0.39, 0.29) is 12.3 Å². The summed E-state index contributed by atoms with van der Waals surface area (Å²) in [4.78, 5) is 33.3. The molecule has 0 atom stereocenters. The Morgan fingerprint density at radius 3 is 2.84 bits per heavy atom. The Bertz CT molecular complexity index is 667. The molecule has 7 nitrogen and oxygen atoms in total. The minimum atomic E-state index is -0.436. The van der Waals surface area contributed by atoms with Gasteiger partial charge in [-0.15, -0.1) is 0 Å². The number of furan rings is 1. The van der Waals surface area contributed by atoms with Crippen LogP contribution in [0.25, 0.3) is 0 Å². The number of amidine groups is 2. The van der Waals surface area contributed by atoms with E-state index in [4.69, 9.17) is 4.42 Å². The number of urea groups is 1. The second-order valence-corrected chi connectivity index (χ2v) is 4.26. The van der Waals surface area contributed by atoms with Crippen LogP contribution in [0.3, 0.4) is 0 Å². The van der Waals surface area contributed by atoms with Crippen molar-refractivity contribution in [3.63, 3.8) is 0 Å². The molecule has 7 heteroatoms. The molecule has 1 aromatic heterocycles. The van der Waals surface area contributed by atoms with Crippen molar-refractivity contribution >= 4 is 29.3 Å². The van der Waals surface area contributed by atoms with Crippen molar-refractivity contribution in [2.45, 2.75) is 13.5 Å². The van der Waals surface area contributed by atoms with Crippen molar-refractivity contribution in [1.82, 2.24) is 4.90 Å². The molecule has 3 heterocycles. The van der Waals surface area contributed by atoms with E-state index in [2.05, 4.69) is 9.98 Å². The number of fused-ring (bicyclic) bond motifs is 1. The van der Waals surface area contributed by atoms with Gasteiger partial charge in [-0.25, -0.2) is 14.6 Å². The van der Waals surface area contributed by atoms with Crippen LogP contribution in [0.1, 0.15) is 12.7 Å². The zero-order valence-corrected chi connectivity index (χ0v) is 10.5. The van der Waals surface area contributed by atoms with Gasteiger partial charge in [0.05, 0.1) is 13.3 Å². The zero-order chi connectivity index (χ0) is 13.6. The summed E-state index contributed by atoms with van der Waals surface area (Å²) < 4.78 is 6.61. The van der Waals surface area contributed by atoms with Crippen molar-refractivity contribution < 1.29 is 18.6 Å². The lowest BCUT2D eigenvalue weighted by Gasteiger charge is -2.17. The number of carbonyl (C=O) groups is 2. The van der Waals surface area contributed by atoms with Crippen molar-refractivity contribution in [1.29, 1.82) is 0 Å². The fraction of sp³-hybridized carbons (Fsp3) is 0.250. The van der Waals surface area contributed by atoms with E-state index in [1.54, 1.807) is 19.1 Å². The first-order valence-electron chi connectivity index (χ1n) is 5.71. The van der Waals surface area contributed by atoms with Crippen LogP contribution in [-0.4, -0.2) is 45.8 Å². The van der Waals surface area contributed by atoms with Gasteiger partial charge in [0.2, 0.25) is 11.5 Å². The van der Waals surface area contributed by atoms with E-state index >= 15 is 0 Å². The first-order valence-corrected chi connectivity index (χ1v) is 5.71. The average Bonchev–Trinajstić information content (AvgIpc) is 3.01. The molecule has 0 bridgehead atoms. The van der Waals surface area contributed by atoms with Crippen LogP contribution in [0, 0.1) is 0 Å².